The lowest BCUT2D eigenvalue weighted by molar-refractivity contribution is 0.187. The summed E-state index contributed by atoms with van der Waals surface area (Å²) in [5, 5.41) is 6.80. The van der Waals surface area contributed by atoms with Gasteiger partial charge in [0.25, 0.3) is 0 Å². The van der Waals surface area contributed by atoms with Crippen LogP contribution in [0.1, 0.15) is 0 Å². The maximum Gasteiger partial charge on any atom is 0.411 e. The predicted molar refractivity (Wildman–Crippen MR) is 76.8 cm³/mol. The van der Waals surface area contributed by atoms with Crippen LogP contribution in [0.25, 0.3) is 0 Å². The monoisotopic (exact) mass is 271 g/mol. The highest BCUT2D eigenvalue weighted by Gasteiger charge is 2.09. The molecule has 1 amide bonds. The van der Waals surface area contributed by atoms with E-state index < -0.39 is 6.09 Å². The maximum absolute atomic E-state index is 11.1. The summed E-state index contributed by atoms with van der Waals surface area (Å²) in [6.45, 7) is 0. The van der Waals surface area contributed by atoms with Gasteiger partial charge in [0.15, 0.2) is 0 Å². The lowest BCUT2D eigenvalue weighted by Crippen LogP contribution is -2.11. The molecule has 2 aromatic rings. The van der Waals surface area contributed by atoms with Gasteiger partial charge in [-0.25, -0.2) is 4.79 Å². The Morgan fingerprint density at radius 1 is 1.05 bits per heavy atom. The molecule has 102 valence electrons. The molecule has 0 heterocycles. The number of methoxy groups -OCH3 is 1. The topological polar surface area (TPSA) is 71.0 Å². The highest BCUT2D eigenvalue weighted by Crippen LogP contribution is 2.26. The summed E-state index contributed by atoms with van der Waals surface area (Å²) in [6, 6.07) is 15.7. The maximum atomic E-state index is 11.1. The molecule has 0 saturated carbocycles. The number of nitroso groups, excluding NO2 is 1. The minimum absolute atomic E-state index is 0.550. The molecule has 0 spiro atoms. The van der Waals surface area contributed by atoms with E-state index in [1.165, 1.54) is 12.1 Å². The average Bonchev–Trinajstić information content (AvgIpc) is 2.50. The van der Waals surface area contributed by atoms with E-state index in [1.807, 2.05) is 18.2 Å². The van der Waals surface area contributed by atoms with Crippen molar-refractivity contribution >= 4 is 23.2 Å². The van der Waals surface area contributed by atoms with E-state index >= 15 is 0 Å². The van der Waals surface area contributed by atoms with Crippen molar-refractivity contribution in [3.05, 3.63) is 59.5 Å². The van der Waals surface area contributed by atoms with E-state index in [1.54, 1.807) is 36.4 Å². The normalized spacial score (nSPS) is 9.65. The number of amides is 1. The quantitative estimate of drug-likeness (QED) is 0.680. The number of rotatable bonds is 4. The second kappa shape index (κ2) is 6.33. The number of nitrogens with one attached hydrogen (secondary N) is 1. The Morgan fingerprint density at radius 2 is 1.65 bits per heavy atom. The molecule has 0 aliphatic heterocycles. The summed E-state index contributed by atoms with van der Waals surface area (Å²) in [6.07, 6.45) is -0.550. The van der Waals surface area contributed by atoms with Gasteiger partial charge in [0, 0.05) is 5.69 Å². The van der Waals surface area contributed by atoms with Gasteiger partial charge < -0.3 is 4.74 Å². The molecule has 6 heteroatoms. The summed E-state index contributed by atoms with van der Waals surface area (Å²) in [5.74, 6) is 0. The van der Waals surface area contributed by atoms with Crippen LogP contribution in [-0.4, -0.2) is 13.2 Å². The van der Waals surface area contributed by atoms with Crippen LogP contribution < -0.4 is 10.3 Å². The van der Waals surface area contributed by atoms with Gasteiger partial charge in [-0.05, 0) is 36.4 Å². The van der Waals surface area contributed by atoms with Gasteiger partial charge >= 0.3 is 6.09 Å². The largest absolute Gasteiger partial charge is 0.453 e. The highest BCUT2D eigenvalue weighted by atomic mass is 16.5. The number of benzene rings is 2. The zero-order valence-corrected chi connectivity index (χ0v) is 10.8. The van der Waals surface area contributed by atoms with Crippen molar-refractivity contribution in [1.82, 2.24) is 0 Å². The van der Waals surface area contributed by atoms with Crippen molar-refractivity contribution in [2.75, 3.05) is 17.4 Å². The van der Waals surface area contributed by atoms with Gasteiger partial charge in [0.2, 0.25) is 0 Å². The van der Waals surface area contributed by atoms with E-state index in [0.29, 0.717) is 17.1 Å². The van der Waals surface area contributed by atoms with Crippen molar-refractivity contribution < 1.29 is 9.53 Å². The minimum Gasteiger partial charge on any atom is -0.453 e. The van der Waals surface area contributed by atoms with E-state index in [9.17, 15) is 9.70 Å². The van der Waals surface area contributed by atoms with Crippen LogP contribution >= 0.6 is 0 Å². The summed E-state index contributed by atoms with van der Waals surface area (Å²) in [7, 11) is 1.29. The molecule has 0 fully saturated rings. The summed E-state index contributed by atoms with van der Waals surface area (Å²) < 4.78 is 4.49. The Balaban J connectivity index is 2.20. The van der Waals surface area contributed by atoms with Gasteiger partial charge in [-0.3, -0.25) is 5.32 Å². The molecule has 0 saturated heterocycles. The average molecular weight is 271 g/mol. The van der Waals surface area contributed by atoms with Crippen molar-refractivity contribution in [1.29, 1.82) is 0 Å². The fourth-order valence-electron chi connectivity index (χ4n) is 1.67. The van der Waals surface area contributed by atoms with Crippen LogP contribution in [0.5, 0.6) is 0 Å². The number of para-hydroxylation sites is 1. The van der Waals surface area contributed by atoms with Crippen LogP contribution in [-0.2, 0) is 4.74 Å². The van der Waals surface area contributed by atoms with Crippen LogP contribution in [0, 0.1) is 4.91 Å². The molecule has 1 N–H and O–H groups in total. The Labute approximate surface area is 115 Å². The zero-order chi connectivity index (χ0) is 14.4. The van der Waals surface area contributed by atoms with Crippen molar-refractivity contribution in [2.45, 2.75) is 0 Å². The molecule has 2 rings (SSSR count). The number of carbonyl (C=O) groups is 1. The zero-order valence-electron chi connectivity index (χ0n) is 10.8. The lowest BCUT2D eigenvalue weighted by Gasteiger charge is -2.15. The molecule has 6 nitrogen and oxygen atoms in total. The first-order valence-corrected chi connectivity index (χ1v) is 5.88. The summed E-state index contributed by atoms with van der Waals surface area (Å²) in [5.41, 5.74) is 1.83. The number of ether oxygens (including phenoxy) is 1. The van der Waals surface area contributed by atoms with E-state index in [2.05, 4.69) is 15.3 Å². The van der Waals surface area contributed by atoms with Gasteiger partial charge in [0.1, 0.15) is 0 Å². The number of carbonyl (C=O) groups excluding carboxylic acids is 1. The van der Waals surface area contributed by atoms with Gasteiger partial charge in [0.05, 0.1) is 23.8 Å². The Hall–Kier alpha value is -2.89. The van der Waals surface area contributed by atoms with Crippen molar-refractivity contribution in [2.24, 2.45) is 5.29 Å². The smallest absolute Gasteiger partial charge is 0.411 e. The van der Waals surface area contributed by atoms with Gasteiger partial charge in [-0.2, -0.15) is 5.01 Å². The molecule has 0 aliphatic carbocycles. The molecular weight excluding hydrogens is 258 g/mol. The number of hydrogen-bond acceptors (Lipinski definition) is 4. The first-order chi connectivity index (χ1) is 9.74. The SMILES string of the molecule is COC(=O)Nc1ccc(N(N=O)c2ccccc2)cc1. The molecule has 20 heavy (non-hydrogen) atoms. The standard InChI is InChI=1S/C14H13N3O3/c1-20-14(18)15-11-7-9-13(10-8-11)17(16-19)12-5-3-2-4-6-12/h2-10H,1H3,(H,15,18). The number of nitrogens with zero attached hydrogens (tertiary/aromatic N) is 2. The third-order valence-corrected chi connectivity index (χ3v) is 2.63. The second-order valence-electron chi connectivity index (χ2n) is 3.89. The van der Waals surface area contributed by atoms with Crippen LogP contribution in [0.2, 0.25) is 0 Å². The molecule has 0 aliphatic rings. The Bertz CT molecular complexity index is 584. The Kier molecular flexibility index (Phi) is 4.28. The van der Waals surface area contributed by atoms with E-state index in [-0.39, 0.29) is 0 Å². The summed E-state index contributed by atoms with van der Waals surface area (Å²) >= 11 is 0. The van der Waals surface area contributed by atoms with Crippen molar-refractivity contribution in [3.8, 4) is 0 Å². The lowest BCUT2D eigenvalue weighted by atomic mass is 10.2. The fourth-order valence-corrected chi connectivity index (χ4v) is 1.67. The van der Waals surface area contributed by atoms with Crippen LogP contribution in [0.15, 0.2) is 59.9 Å². The van der Waals surface area contributed by atoms with E-state index in [0.717, 1.165) is 0 Å². The molecule has 0 aromatic heterocycles. The molecule has 0 bridgehead atoms. The molecule has 0 atom stereocenters. The minimum atomic E-state index is -0.550. The fraction of sp³-hybridized carbons (Fsp3) is 0.0714. The van der Waals surface area contributed by atoms with Crippen molar-refractivity contribution in [3.63, 3.8) is 0 Å². The second-order valence-corrected chi connectivity index (χ2v) is 3.89. The molecular formula is C14H13N3O3. The van der Waals surface area contributed by atoms with Gasteiger partial charge in [-0.1, -0.05) is 18.2 Å². The van der Waals surface area contributed by atoms with E-state index in [4.69, 9.17) is 0 Å². The Morgan fingerprint density at radius 3 is 2.20 bits per heavy atom. The first kappa shape index (κ1) is 13.5. The van der Waals surface area contributed by atoms with Crippen LogP contribution in [0.4, 0.5) is 21.9 Å². The molecule has 0 radical (unpaired) electrons. The number of anilines is 3. The third kappa shape index (κ3) is 3.11. The van der Waals surface area contributed by atoms with Gasteiger partial charge in [-0.15, -0.1) is 4.91 Å². The predicted octanol–water partition coefficient (Wildman–Crippen LogP) is 3.68. The third-order valence-electron chi connectivity index (χ3n) is 2.63. The highest BCUT2D eigenvalue weighted by molar-refractivity contribution is 5.84. The first-order valence-electron chi connectivity index (χ1n) is 5.88. The molecule has 2 aromatic carbocycles. The molecule has 0 unspecified atom stereocenters. The van der Waals surface area contributed by atoms with Crippen LogP contribution in [0.3, 0.4) is 0 Å². The number of hydrogen-bond donors (Lipinski definition) is 1. The summed E-state index contributed by atoms with van der Waals surface area (Å²) in [4.78, 5) is 22.1.